The first-order chi connectivity index (χ1) is 18.5. The van der Waals surface area contributed by atoms with Gasteiger partial charge in [0.1, 0.15) is 0 Å². The molecule has 1 fully saturated rings. The summed E-state index contributed by atoms with van der Waals surface area (Å²) in [6.45, 7) is 3.54. The number of morpholine rings is 1. The molecule has 2 amide bonds. The molecule has 0 unspecified atom stereocenters. The molecule has 4 aromatic rings. The summed E-state index contributed by atoms with van der Waals surface area (Å²) < 4.78 is 5.38. The minimum Gasteiger partial charge on any atom is -0.378 e. The van der Waals surface area contributed by atoms with Gasteiger partial charge in [0.2, 0.25) is 11.7 Å². The Hall–Kier alpha value is -4.76. The minimum absolute atomic E-state index is 0.0762. The third-order valence-corrected chi connectivity index (χ3v) is 6.64. The van der Waals surface area contributed by atoms with Crippen LogP contribution in [0.25, 0.3) is 28.4 Å². The van der Waals surface area contributed by atoms with E-state index in [0.29, 0.717) is 71.1 Å². The number of rotatable bonds is 3. The lowest BCUT2D eigenvalue weighted by Gasteiger charge is -2.27. The molecule has 0 aliphatic carbocycles. The quantitative estimate of drug-likeness (QED) is 0.391. The number of hydrogen-bond donors (Lipinski definition) is 0. The smallest absolute Gasteiger partial charge is 0.254 e. The predicted molar refractivity (Wildman–Crippen MR) is 141 cm³/mol. The third kappa shape index (κ3) is 4.12. The van der Waals surface area contributed by atoms with Gasteiger partial charge in [-0.3, -0.25) is 19.3 Å². The zero-order valence-electron chi connectivity index (χ0n) is 20.6. The van der Waals surface area contributed by atoms with Crippen LogP contribution in [0.5, 0.6) is 0 Å². The van der Waals surface area contributed by atoms with Crippen molar-refractivity contribution in [3.63, 3.8) is 0 Å². The number of carbonyl (C=O) groups is 3. The van der Waals surface area contributed by atoms with Crippen molar-refractivity contribution in [3.8, 4) is 11.4 Å². The van der Waals surface area contributed by atoms with Gasteiger partial charge in [0.15, 0.2) is 5.82 Å². The van der Waals surface area contributed by atoms with Gasteiger partial charge in [0.25, 0.3) is 5.91 Å². The fourth-order valence-corrected chi connectivity index (χ4v) is 4.86. The van der Waals surface area contributed by atoms with E-state index in [-0.39, 0.29) is 23.3 Å². The van der Waals surface area contributed by atoms with Crippen LogP contribution in [0, 0.1) is 0 Å². The first-order valence-corrected chi connectivity index (χ1v) is 12.3. The van der Waals surface area contributed by atoms with Gasteiger partial charge in [0, 0.05) is 54.5 Å². The first-order valence-electron chi connectivity index (χ1n) is 12.3. The molecule has 2 aromatic carbocycles. The zero-order chi connectivity index (χ0) is 26.2. The van der Waals surface area contributed by atoms with E-state index in [1.807, 2.05) is 0 Å². The van der Waals surface area contributed by atoms with Crippen LogP contribution in [0.4, 0.5) is 5.69 Å². The van der Waals surface area contributed by atoms with E-state index >= 15 is 0 Å². The molecule has 188 valence electrons. The Morgan fingerprint density at radius 2 is 1.71 bits per heavy atom. The molecule has 0 N–H and O–H groups in total. The summed E-state index contributed by atoms with van der Waals surface area (Å²) in [4.78, 5) is 55.7. The largest absolute Gasteiger partial charge is 0.378 e. The van der Waals surface area contributed by atoms with E-state index in [4.69, 9.17) is 9.72 Å². The Balaban J connectivity index is 1.49. The Labute approximate surface area is 218 Å². The maximum absolute atomic E-state index is 13.2. The van der Waals surface area contributed by atoms with Gasteiger partial charge in [-0.2, -0.15) is 0 Å². The van der Waals surface area contributed by atoms with E-state index in [2.05, 4.69) is 9.97 Å². The van der Waals surface area contributed by atoms with Gasteiger partial charge >= 0.3 is 0 Å². The van der Waals surface area contributed by atoms with E-state index in [1.54, 1.807) is 78.0 Å². The Kier molecular flexibility index (Phi) is 5.97. The van der Waals surface area contributed by atoms with Crippen molar-refractivity contribution in [1.82, 2.24) is 19.9 Å². The summed E-state index contributed by atoms with van der Waals surface area (Å²) in [7, 11) is 0. The number of Topliss-reactive ketones (excluding diaryl/α,β-unsaturated/α-hetero) is 1. The van der Waals surface area contributed by atoms with Crippen molar-refractivity contribution in [2.45, 2.75) is 6.92 Å². The molecule has 38 heavy (non-hydrogen) atoms. The number of anilines is 1. The molecule has 0 radical (unpaired) electrons. The molecule has 9 heteroatoms. The lowest BCUT2D eigenvalue weighted by Crippen LogP contribution is -2.40. The second-order valence-corrected chi connectivity index (χ2v) is 9.03. The predicted octanol–water partition coefficient (Wildman–Crippen LogP) is 3.75. The number of nitrogens with zero attached hydrogens (tertiary/aromatic N) is 5. The van der Waals surface area contributed by atoms with Crippen LogP contribution in [0.3, 0.4) is 0 Å². The molecule has 2 aliphatic rings. The summed E-state index contributed by atoms with van der Waals surface area (Å²) in [5.41, 5.74) is 3.52. The molecular weight excluding hydrogens is 482 g/mol. The van der Waals surface area contributed by atoms with Crippen molar-refractivity contribution < 1.29 is 19.1 Å². The number of aromatic nitrogens is 3. The number of fused-ring (bicyclic) bond motifs is 2. The zero-order valence-corrected chi connectivity index (χ0v) is 20.6. The third-order valence-electron chi connectivity index (χ3n) is 6.64. The standard InChI is InChI=1S/C29H23N5O4/c1-18(35)34-25-6-3-2-5-21(25)27(36)26(34)17-20-16-23(28-30-9-4-10-31-28)22-15-19(7-8-24(22)32-20)29(37)33-11-13-38-14-12-33/h2-10,15-17H,11-14H2,1H3/b26-17-. The molecule has 0 atom stereocenters. The van der Waals surface area contributed by atoms with Crippen molar-refractivity contribution in [3.05, 3.63) is 89.5 Å². The second-order valence-electron chi connectivity index (χ2n) is 9.03. The second kappa shape index (κ2) is 9.60. The highest BCUT2D eigenvalue weighted by Crippen LogP contribution is 2.36. The lowest BCUT2D eigenvalue weighted by molar-refractivity contribution is -0.116. The minimum atomic E-state index is -0.270. The summed E-state index contributed by atoms with van der Waals surface area (Å²) in [5, 5.41) is 0.710. The normalized spacial score (nSPS) is 16.2. The average Bonchev–Trinajstić information content (AvgIpc) is 3.24. The summed E-state index contributed by atoms with van der Waals surface area (Å²) in [6, 6.07) is 15.9. The number of allylic oxidation sites excluding steroid dienone is 1. The molecule has 2 aliphatic heterocycles. The van der Waals surface area contributed by atoms with E-state index < -0.39 is 0 Å². The fraction of sp³-hybridized carbons (Fsp3) is 0.172. The number of amides is 2. The van der Waals surface area contributed by atoms with Crippen LogP contribution in [-0.4, -0.2) is 63.8 Å². The van der Waals surface area contributed by atoms with Gasteiger partial charge in [-0.25, -0.2) is 15.0 Å². The molecule has 0 spiro atoms. The highest BCUT2D eigenvalue weighted by atomic mass is 16.5. The van der Waals surface area contributed by atoms with Crippen LogP contribution in [0.2, 0.25) is 0 Å². The maximum atomic E-state index is 13.2. The summed E-state index contributed by atoms with van der Waals surface area (Å²) >= 11 is 0. The lowest BCUT2D eigenvalue weighted by atomic mass is 10.0. The fourth-order valence-electron chi connectivity index (χ4n) is 4.86. The molecule has 9 nitrogen and oxygen atoms in total. The summed E-state index contributed by atoms with van der Waals surface area (Å²) in [6.07, 6.45) is 4.90. The van der Waals surface area contributed by atoms with Crippen LogP contribution in [0.15, 0.2) is 72.7 Å². The van der Waals surface area contributed by atoms with Gasteiger partial charge in [-0.1, -0.05) is 12.1 Å². The van der Waals surface area contributed by atoms with Crippen LogP contribution < -0.4 is 4.90 Å². The van der Waals surface area contributed by atoms with Crippen LogP contribution in [0.1, 0.15) is 33.3 Å². The number of ether oxygens (including phenoxy) is 1. The van der Waals surface area contributed by atoms with Crippen LogP contribution >= 0.6 is 0 Å². The molecule has 1 saturated heterocycles. The number of ketones is 1. The number of para-hydroxylation sites is 1. The number of carbonyl (C=O) groups excluding carboxylic acids is 3. The SMILES string of the molecule is CC(=O)N1/C(=C\c2cc(-c3ncccn3)c3cc(C(=O)N4CCOCC4)ccc3n2)C(=O)c2ccccc21. The van der Waals surface area contributed by atoms with Gasteiger partial charge in [-0.15, -0.1) is 0 Å². The van der Waals surface area contributed by atoms with Gasteiger partial charge in [0.05, 0.1) is 35.8 Å². The number of benzene rings is 2. The maximum Gasteiger partial charge on any atom is 0.254 e. The molecule has 2 aromatic heterocycles. The Morgan fingerprint density at radius 3 is 2.47 bits per heavy atom. The van der Waals surface area contributed by atoms with E-state index in [9.17, 15) is 14.4 Å². The average molecular weight is 506 g/mol. The number of hydrogen-bond acceptors (Lipinski definition) is 7. The van der Waals surface area contributed by atoms with Crippen molar-refractivity contribution in [2.24, 2.45) is 0 Å². The van der Waals surface area contributed by atoms with Crippen molar-refractivity contribution in [2.75, 3.05) is 31.2 Å². The van der Waals surface area contributed by atoms with E-state index in [0.717, 1.165) is 0 Å². The van der Waals surface area contributed by atoms with Gasteiger partial charge in [-0.05, 0) is 48.5 Å². The topological polar surface area (TPSA) is 106 Å². The van der Waals surface area contributed by atoms with Crippen LogP contribution in [-0.2, 0) is 9.53 Å². The molecule has 0 saturated carbocycles. The Bertz CT molecular complexity index is 1630. The summed E-state index contributed by atoms with van der Waals surface area (Å²) in [5.74, 6) is -0.136. The Morgan fingerprint density at radius 1 is 0.947 bits per heavy atom. The van der Waals surface area contributed by atoms with Gasteiger partial charge < -0.3 is 9.64 Å². The molecular formula is C29H23N5O4. The number of pyridine rings is 1. The van der Waals surface area contributed by atoms with Crippen molar-refractivity contribution >= 4 is 40.3 Å². The highest BCUT2D eigenvalue weighted by molar-refractivity contribution is 6.26. The van der Waals surface area contributed by atoms with E-state index in [1.165, 1.54) is 11.8 Å². The molecule has 0 bridgehead atoms. The first kappa shape index (κ1) is 23.6. The van der Waals surface area contributed by atoms with Crippen molar-refractivity contribution in [1.29, 1.82) is 0 Å². The highest BCUT2D eigenvalue weighted by Gasteiger charge is 2.34. The molecule has 6 rings (SSSR count). The monoisotopic (exact) mass is 505 g/mol. The molecule has 4 heterocycles.